The van der Waals surface area contributed by atoms with E-state index in [0.717, 1.165) is 24.4 Å². The highest BCUT2D eigenvalue weighted by atomic mass is 35.5. The van der Waals surface area contributed by atoms with Crippen LogP contribution in [-0.4, -0.2) is 57.3 Å². The summed E-state index contributed by atoms with van der Waals surface area (Å²) < 4.78 is 2.08. The molecule has 2 atom stereocenters. The number of fused-ring (bicyclic) bond motifs is 1. The van der Waals surface area contributed by atoms with E-state index in [9.17, 15) is 0 Å². The van der Waals surface area contributed by atoms with E-state index >= 15 is 0 Å². The van der Waals surface area contributed by atoms with Gasteiger partial charge in [0.25, 0.3) is 0 Å². The van der Waals surface area contributed by atoms with E-state index in [1.807, 2.05) is 0 Å². The maximum atomic E-state index is 8.44. The van der Waals surface area contributed by atoms with Crippen LogP contribution in [-0.2, 0) is 0 Å². The molecule has 136 valence electrons. The number of imidazole rings is 1. The summed E-state index contributed by atoms with van der Waals surface area (Å²) in [4.78, 5) is 19.8. The number of hydrogen-bond donors (Lipinski definition) is 1. The first-order valence-electron chi connectivity index (χ1n) is 8.04. The first-order chi connectivity index (χ1) is 12.0. The summed E-state index contributed by atoms with van der Waals surface area (Å²) in [5.41, 5.74) is 1.98. The van der Waals surface area contributed by atoms with Crippen molar-refractivity contribution in [2.24, 2.45) is 15.9 Å². The van der Waals surface area contributed by atoms with Crippen molar-refractivity contribution in [1.82, 2.24) is 19.5 Å². The molecule has 2 aromatic rings. The lowest BCUT2D eigenvalue weighted by Crippen LogP contribution is -2.05. The second kappa shape index (κ2) is 9.22. The van der Waals surface area contributed by atoms with E-state index in [0.29, 0.717) is 22.4 Å². The molecule has 3 rings (SSSR count). The average molecular weight is 385 g/mol. The Labute approximate surface area is 156 Å². The summed E-state index contributed by atoms with van der Waals surface area (Å²) in [6.45, 7) is 2.24. The van der Waals surface area contributed by atoms with Crippen molar-refractivity contribution in [3.63, 3.8) is 0 Å². The van der Waals surface area contributed by atoms with E-state index in [1.54, 1.807) is 20.4 Å². The van der Waals surface area contributed by atoms with Crippen LogP contribution in [0.4, 0.5) is 0 Å². The molecule has 1 fully saturated rings. The molecule has 1 aliphatic carbocycles. The molecule has 0 aliphatic heterocycles. The number of aromatic nitrogens is 4. The Hall–Kier alpha value is -1.57. The topological polar surface area (TPSA) is 88.5 Å². The van der Waals surface area contributed by atoms with Crippen LogP contribution in [0.15, 0.2) is 16.3 Å². The molecule has 7 nitrogen and oxygen atoms in total. The van der Waals surface area contributed by atoms with Crippen molar-refractivity contribution >= 4 is 46.3 Å². The maximum absolute atomic E-state index is 8.44. The van der Waals surface area contributed by atoms with Gasteiger partial charge in [-0.15, -0.1) is 0 Å². The van der Waals surface area contributed by atoms with E-state index in [4.69, 9.17) is 28.3 Å². The first-order valence-corrected chi connectivity index (χ1v) is 8.80. The standard InChI is InChI=1S/C11H12Cl2N4.C5H10N2O/c1-6-2-3-7(4-6)17-5-14-8-9(12)15-11(13)16-10(8)17;1-6-3-5(4-8)7-2/h5-7H,2-4H2,1H3;3,8H,4H2,1-2H3/t6-,7+;/m1./s1. The Bertz CT molecular complexity index is 771. The van der Waals surface area contributed by atoms with Gasteiger partial charge in [0.2, 0.25) is 5.28 Å². The molecule has 1 N–H and O–H groups in total. The van der Waals surface area contributed by atoms with Crippen molar-refractivity contribution in [2.75, 3.05) is 20.7 Å². The minimum Gasteiger partial charge on any atom is -0.390 e. The molecule has 9 heteroatoms. The number of nitrogens with zero attached hydrogens (tertiary/aromatic N) is 6. The highest BCUT2D eigenvalue weighted by molar-refractivity contribution is 6.35. The van der Waals surface area contributed by atoms with Gasteiger partial charge in [0.05, 0.1) is 18.6 Å². The fourth-order valence-corrected chi connectivity index (χ4v) is 3.29. The number of aliphatic imine (C=N–C) groups is 2. The number of hydrogen-bond acceptors (Lipinski definition) is 6. The van der Waals surface area contributed by atoms with Crippen LogP contribution < -0.4 is 0 Å². The third kappa shape index (κ3) is 4.96. The van der Waals surface area contributed by atoms with Gasteiger partial charge in [-0.3, -0.25) is 9.98 Å². The Morgan fingerprint density at radius 1 is 1.36 bits per heavy atom. The largest absolute Gasteiger partial charge is 0.390 e. The first kappa shape index (κ1) is 19.8. The summed E-state index contributed by atoms with van der Waals surface area (Å²) in [6, 6.07) is 0.456. The molecule has 0 spiro atoms. The molecule has 0 saturated heterocycles. The van der Waals surface area contributed by atoms with E-state index in [-0.39, 0.29) is 11.9 Å². The predicted octanol–water partition coefficient (Wildman–Crippen LogP) is 3.24. The maximum Gasteiger partial charge on any atom is 0.225 e. The molecular formula is C16H22Cl2N6O. The second-order valence-electron chi connectivity index (χ2n) is 5.94. The minimum atomic E-state index is -0.0339. The predicted molar refractivity (Wildman–Crippen MR) is 102 cm³/mol. The third-order valence-corrected chi connectivity index (χ3v) is 4.57. The second-order valence-corrected chi connectivity index (χ2v) is 6.64. The normalized spacial score (nSPS) is 21.0. The molecule has 0 aromatic carbocycles. The molecule has 25 heavy (non-hydrogen) atoms. The Balaban J connectivity index is 0.000000242. The number of halogens is 2. The van der Waals surface area contributed by atoms with Gasteiger partial charge in [0, 0.05) is 26.4 Å². The molecule has 0 bridgehead atoms. The fraction of sp³-hybridized carbons (Fsp3) is 0.562. The molecule has 0 unspecified atom stereocenters. The van der Waals surface area contributed by atoms with Gasteiger partial charge < -0.3 is 9.67 Å². The van der Waals surface area contributed by atoms with Gasteiger partial charge in [-0.05, 0) is 36.8 Å². The van der Waals surface area contributed by atoms with Crippen molar-refractivity contribution in [3.05, 3.63) is 16.8 Å². The van der Waals surface area contributed by atoms with Gasteiger partial charge in [0.15, 0.2) is 10.8 Å². The van der Waals surface area contributed by atoms with Crippen LogP contribution in [0.2, 0.25) is 10.4 Å². The molecule has 1 aliphatic rings. The zero-order chi connectivity index (χ0) is 18.4. The van der Waals surface area contributed by atoms with Crippen molar-refractivity contribution in [3.8, 4) is 0 Å². The molecule has 1 saturated carbocycles. The van der Waals surface area contributed by atoms with Crippen molar-refractivity contribution in [2.45, 2.75) is 32.2 Å². The fourth-order valence-electron chi connectivity index (χ4n) is 2.87. The minimum absolute atomic E-state index is 0.0339. The van der Waals surface area contributed by atoms with Gasteiger partial charge in [-0.1, -0.05) is 18.5 Å². The van der Waals surface area contributed by atoms with Crippen LogP contribution in [0.1, 0.15) is 32.2 Å². The molecule has 2 heterocycles. The van der Waals surface area contributed by atoms with Crippen molar-refractivity contribution < 1.29 is 5.11 Å². The number of rotatable bonds is 3. The highest BCUT2D eigenvalue weighted by Gasteiger charge is 2.25. The number of aliphatic hydroxyl groups excluding tert-OH is 1. The van der Waals surface area contributed by atoms with Gasteiger partial charge in [0.1, 0.15) is 5.52 Å². The molecule has 2 aromatic heterocycles. The van der Waals surface area contributed by atoms with Crippen LogP contribution in [0.25, 0.3) is 11.2 Å². The lowest BCUT2D eigenvalue weighted by molar-refractivity contribution is 0.359. The highest BCUT2D eigenvalue weighted by Crippen LogP contribution is 2.36. The SMILES string of the molecule is CN=CC(CO)=NC.C[C@@H]1CC[C@H](n2cnc3c(Cl)nc(Cl)nc32)C1. The number of aliphatic hydroxyl groups is 1. The Morgan fingerprint density at radius 2 is 2.12 bits per heavy atom. The van der Waals surface area contributed by atoms with Crippen LogP contribution >= 0.6 is 23.2 Å². The Kier molecular flexibility index (Phi) is 7.28. The summed E-state index contributed by atoms with van der Waals surface area (Å²) >= 11 is 11.8. The van der Waals surface area contributed by atoms with Crippen molar-refractivity contribution in [1.29, 1.82) is 0 Å². The van der Waals surface area contributed by atoms with E-state index in [1.165, 1.54) is 12.6 Å². The summed E-state index contributed by atoms with van der Waals surface area (Å²) in [7, 11) is 3.26. The van der Waals surface area contributed by atoms with Gasteiger partial charge in [-0.2, -0.15) is 4.98 Å². The smallest absolute Gasteiger partial charge is 0.225 e. The van der Waals surface area contributed by atoms with Crippen LogP contribution in [0.3, 0.4) is 0 Å². The monoisotopic (exact) mass is 384 g/mol. The molecule has 0 radical (unpaired) electrons. The lowest BCUT2D eigenvalue weighted by atomic mass is 10.1. The van der Waals surface area contributed by atoms with E-state index in [2.05, 4.69) is 36.4 Å². The quantitative estimate of drug-likeness (QED) is 0.499. The molecular weight excluding hydrogens is 363 g/mol. The third-order valence-electron chi connectivity index (χ3n) is 4.14. The molecule has 0 amide bonds. The van der Waals surface area contributed by atoms with Crippen LogP contribution in [0, 0.1) is 5.92 Å². The summed E-state index contributed by atoms with van der Waals surface area (Å²) in [5.74, 6) is 0.755. The Morgan fingerprint density at radius 3 is 2.64 bits per heavy atom. The van der Waals surface area contributed by atoms with Gasteiger partial charge >= 0.3 is 0 Å². The van der Waals surface area contributed by atoms with Crippen LogP contribution in [0.5, 0.6) is 0 Å². The van der Waals surface area contributed by atoms with Gasteiger partial charge in [-0.25, -0.2) is 9.97 Å². The van der Waals surface area contributed by atoms with E-state index < -0.39 is 0 Å². The lowest BCUT2D eigenvalue weighted by Gasteiger charge is -2.11. The zero-order valence-electron chi connectivity index (χ0n) is 14.5. The zero-order valence-corrected chi connectivity index (χ0v) is 16.0. The average Bonchev–Trinajstić information content (AvgIpc) is 3.19. The summed E-state index contributed by atoms with van der Waals surface area (Å²) in [5, 5.41) is 8.94. The summed E-state index contributed by atoms with van der Waals surface area (Å²) in [6.07, 6.45) is 6.89.